The van der Waals surface area contributed by atoms with Gasteiger partial charge >= 0.3 is 12.1 Å². The number of alkyl halides is 3. The molecule has 0 saturated heterocycles. The van der Waals surface area contributed by atoms with Crippen molar-refractivity contribution in [3.63, 3.8) is 0 Å². The Hall–Kier alpha value is -3.56. The largest absolute Gasteiger partial charge is 0.493 e. The maximum absolute atomic E-state index is 13.0. The topological polar surface area (TPSA) is 75.5 Å². The number of aromatic nitrogens is 3. The van der Waals surface area contributed by atoms with E-state index in [1.165, 1.54) is 11.6 Å². The first-order chi connectivity index (χ1) is 15.3. The summed E-state index contributed by atoms with van der Waals surface area (Å²) < 4.78 is 56.5. The number of hydrogen-bond donors (Lipinski definition) is 0. The zero-order valence-corrected chi connectivity index (χ0v) is 17.6. The smallest absolute Gasteiger partial charge is 0.416 e. The summed E-state index contributed by atoms with van der Waals surface area (Å²) in [6.07, 6.45) is -0.648. The monoisotopic (exact) mass is 449 g/mol. The van der Waals surface area contributed by atoms with Gasteiger partial charge in [0.25, 0.3) is 0 Å². The molecule has 10 heteroatoms. The Morgan fingerprint density at radius 1 is 1.12 bits per heavy atom. The summed E-state index contributed by atoms with van der Waals surface area (Å²) in [5.74, 6) is 0.910. The molecule has 3 rings (SSSR count). The molecule has 0 amide bonds. The van der Waals surface area contributed by atoms with Gasteiger partial charge in [-0.2, -0.15) is 13.2 Å². The van der Waals surface area contributed by atoms with Crippen molar-refractivity contribution in [3.8, 4) is 23.2 Å². The fourth-order valence-corrected chi connectivity index (χ4v) is 2.91. The van der Waals surface area contributed by atoms with Crippen LogP contribution >= 0.6 is 0 Å². The van der Waals surface area contributed by atoms with Gasteiger partial charge in [0.2, 0.25) is 5.88 Å². The first kappa shape index (κ1) is 23.1. The van der Waals surface area contributed by atoms with E-state index in [9.17, 15) is 18.0 Å². The van der Waals surface area contributed by atoms with E-state index in [0.29, 0.717) is 43.4 Å². The Bertz CT molecular complexity index is 1070. The highest BCUT2D eigenvalue weighted by Gasteiger charge is 2.31. The Morgan fingerprint density at radius 3 is 2.62 bits per heavy atom. The first-order valence-electron chi connectivity index (χ1n) is 9.92. The molecule has 0 atom stereocenters. The number of rotatable bonds is 9. The summed E-state index contributed by atoms with van der Waals surface area (Å²) in [4.78, 5) is 15.0. The van der Waals surface area contributed by atoms with E-state index in [1.807, 2.05) is 0 Å². The second-order valence-electron chi connectivity index (χ2n) is 6.76. The highest BCUT2D eigenvalue weighted by Crippen LogP contribution is 2.30. The lowest BCUT2D eigenvalue weighted by Gasteiger charge is -2.08. The van der Waals surface area contributed by atoms with E-state index >= 15 is 0 Å². The lowest BCUT2D eigenvalue weighted by atomic mass is 10.2. The van der Waals surface area contributed by atoms with Gasteiger partial charge in [0, 0.05) is 30.9 Å². The van der Waals surface area contributed by atoms with Crippen LogP contribution in [0.15, 0.2) is 48.8 Å². The summed E-state index contributed by atoms with van der Waals surface area (Å²) >= 11 is 0. The summed E-state index contributed by atoms with van der Waals surface area (Å²) in [5, 5.41) is 4.24. The van der Waals surface area contributed by atoms with Crippen LogP contribution in [0.4, 0.5) is 13.2 Å². The molecule has 0 bridgehead atoms. The normalized spacial score (nSPS) is 11.3. The van der Waals surface area contributed by atoms with Crippen LogP contribution in [0.3, 0.4) is 0 Å². The molecule has 0 N–H and O–H groups in total. The predicted octanol–water partition coefficient (Wildman–Crippen LogP) is 4.62. The van der Waals surface area contributed by atoms with E-state index in [-0.39, 0.29) is 5.82 Å². The molecular weight excluding hydrogens is 427 g/mol. The van der Waals surface area contributed by atoms with Crippen molar-refractivity contribution in [1.29, 1.82) is 0 Å². The maximum atomic E-state index is 13.0. The number of nitrogens with zero attached hydrogens (tertiary/aromatic N) is 3. The van der Waals surface area contributed by atoms with Crippen LogP contribution in [0.1, 0.15) is 31.4 Å². The van der Waals surface area contributed by atoms with Crippen molar-refractivity contribution in [2.45, 2.75) is 32.9 Å². The van der Waals surface area contributed by atoms with Gasteiger partial charge in [-0.3, -0.25) is 4.79 Å². The average Bonchev–Trinajstić information content (AvgIpc) is 3.14. The van der Waals surface area contributed by atoms with Gasteiger partial charge in [-0.25, -0.2) is 9.67 Å². The van der Waals surface area contributed by atoms with Crippen LogP contribution in [0.2, 0.25) is 0 Å². The SMILES string of the molecule is CCOc1nn(-c2cc(C(F)(F)F)ccn2)cc1CCCOc1cccc(OC(C)=O)c1. The van der Waals surface area contributed by atoms with Crippen LogP contribution in [-0.4, -0.2) is 33.9 Å². The first-order valence-corrected chi connectivity index (χ1v) is 9.92. The van der Waals surface area contributed by atoms with Gasteiger partial charge < -0.3 is 14.2 Å². The number of benzene rings is 1. The minimum Gasteiger partial charge on any atom is -0.493 e. The molecule has 0 spiro atoms. The summed E-state index contributed by atoms with van der Waals surface area (Å²) in [6, 6.07) is 8.57. The van der Waals surface area contributed by atoms with Crippen molar-refractivity contribution in [1.82, 2.24) is 14.8 Å². The van der Waals surface area contributed by atoms with Gasteiger partial charge in [0.1, 0.15) is 11.5 Å². The zero-order chi connectivity index (χ0) is 23.1. The third-order valence-corrected chi connectivity index (χ3v) is 4.27. The van der Waals surface area contributed by atoms with E-state index in [2.05, 4.69) is 10.1 Å². The summed E-state index contributed by atoms with van der Waals surface area (Å²) in [6.45, 7) is 3.84. The van der Waals surface area contributed by atoms with Crippen LogP contribution in [-0.2, 0) is 17.4 Å². The summed E-state index contributed by atoms with van der Waals surface area (Å²) in [5.41, 5.74) is -0.0785. The summed E-state index contributed by atoms with van der Waals surface area (Å²) in [7, 11) is 0. The maximum Gasteiger partial charge on any atom is 0.416 e. The van der Waals surface area contributed by atoms with Crippen molar-refractivity contribution in [2.75, 3.05) is 13.2 Å². The lowest BCUT2D eigenvalue weighted by molar-refractivity contribution is -0.137. The molecule has 0 saturated carbocycles. The van der Waals surface area contributed by atoms with Crippen molar-refractivity contribution in [3.05, 3.63) is 59.9 Å². The van der Waals surface area contributed by atoms with Crippen molar-refractivity contribution < 1.29 is 32.2 Å². The molecule has 0 fully saturated rings. The molecule has 0 aliphatic carbocycles. The fourth-order valence-electron chi connectivity index (χ4n) is 2.91. The molecule has 0 aliphatic rings. The predicted molar refractivity (Wildman–Crippen MR) is 109 cm³/mol. The Balaban J connectivity index is 1.66. The molecule has 3 aromatic rings. The van der Waals surface area contributed by atoms with Crippen molar-refractivity contribution in [2.24, 2.45) is 0 Å². The minimum atomic E-state index is -4.47. The van der Waals surface area contributed by atoms with Crippen LogP contribution in [0.5, 0.6) is 17.4 Å². The third kappa shape index (κ3) is 6.22. The molecular formula is C22H22F3N3O4. The average molecular weight is 449 g/mol. The van der Waals surface area contributed by atoms with E-state index in [0.717, 1.165) is 23.9 Å². The standard InChI is InChI=1S/C22H22F3N3O4/c1-3-30-21-16(6-5-11-31-18-7-4-8-19(13-18)32-15(2)29)14-28(27-21)20-12-17(9-10-26-20)22(23,24)25/h4,7-10,12-14H,3,5-6,11H2,1-2H3. The molecule has 1 aromatic carbocycles. The molecule has 0 unspecified atom stereocenters. The fraction of sp³-hybridized carbons (Fsp3) is 0.318. The number of ether oxygens (including phenoxy) is 3. The highest BCUT2D eigenvalue weighted by molar-refractivity contribution is 5.69. The Morgan fingerprint density at radius 2 is 1.91 bits per heavy atom. The molecule has 2 aromatic heterocycles. The van der Waals surface area contributed by atoms with E-state index in [4.69, 9.17) is 14.2 Å². The number of pyridine rings is 1. The van der Waals surface area contributed by atoms with Crippen LogP contribution in [0.25, 0.3) is 5.82 Å². The molecule has 0 aliphatic heterocycles. The van der Waals surface area contributed by atoms with Crippen molar-refractivity contribution >= 4 is 5.97 Å². The number of aryl methyl sites for hydroxylation is 1. The third-order valence-electron chi connectivity index (χ3n) is 4.27. The highest BCUT2D eigenvalue weighted by atomic mass is 19.4. The second-order valence-corrected chi connectivity index (χ2v) is 6.76. The van der Waals surface area contributed by atoms with Crippen LogP contribution < -0.4 is 14.2 Å². The van der Waals surface area contributed by atoms with E-state index in [1.54, 1.807) is 37.4 Å². The second kappa shape index (κ2) is 10.2. The van der Waals surface area contributed by atoms with Gasteiger partial charge in [-0.15, -0.1) is 5.10 Å². The number of halogens is 3. The number of esters is 1. The van der Waals surface area contributed by atoms with Gasteiger partial charge in [-0.05, 0) is 44.0 Å². The van der Waals surface area contributed by atoms with E-state index < -0.39 is 17.7 Å². The zero-order valence-electron chi connectivity index (χ0n) is 17.6. The quantitative estimate of drug-likeness (QED) is 0.270. The Labute approximate surface area is 182 Å². The molecule has 7 nitrogen and oxygen atoms in total. The molecule has 0 radical (unpaired) electrons. The van der Waals surface area contributed by atoms with Gasteiger partial charge in [0.05, 0.1) is 18.8 Å². The number of carbonyl (C=O) groups excluding carboxylic acids is 1. The molecule has 170 valence electrons. The Kier molecular flexibility index (Phi) is 7.34. The molecule has 32 heavy (non-hydrogen) atoms. The van der Waals surface area contributed by atoms with Crippen LogP contribution in [0, 0.1) is 0 Å². The number of hydrogen-bond acceptors (Lipinski definition) is 6. The minimum absolute atomic E-state index is 0.0468. The van der Waals surface area contributed by atoms with Gasteiger partial charge in [-0.1, -0.05) is 6.07 Å². The van der Waals surface area contributed by atoms with Gasteiger partial charge in [0.15, 0.2) is 5.82 Å². The number of carbonyl (C=O) groups is 1. The lowest BCUT2D eigenvalue weighted by Crippen LogP contribution is -2.07. The molecule has 2 heterocycles.